The number of para-hydroxylation sites is 1. The molecule has 1 heteroatoms. The Morgan fingerprint density at radius 3 is 1.66 bits per heavy atom. The molecule has 1 nitrogen and oxygen atoms in total. The van der Waals surface area contributed by atoms with E-state index in [0.29, 0.717) is 22.3 Å². The molecule has 11 aromatic rings. The van der Waals surface area contributed by atoms with Crippen molar-refractivity contribution >= 4 is 65.0 Å². The van der Waals surface area contributed by atoms with Crippen LogP contribution in [0, 0.1) is 0 Å². The molecule has 0 aliphatic heterocycles. The van der Waals surface area contributed by atoms with Crippen LogP contribution in [0.1, 0.15) is 13.7 Å². The molecule has 0 radical (unpaired) electrons. The van der Waals surface area contributed by atoms with Gasteiger partial charge in [-0.25, -0.2) is 0 Å². The van der Waals surface area contributed by atoms with Gasteiger partial charge in [-0.05, 0) is 100 Å². The summed E-state index contributed by atoms with van der Waals surface area (Å²) in [5, 5.41) is 8.96. The van der Waals surface area contributed by atoms with E-state index in [2.05, 4.69) is 36.4 Å². The minimum absolute atomic E-state index is 0.0818. The SMILES string of the molecule is [2H]c1c([2H])c([2H])c(-c2c3ccccc3c(-c3cc4ccccc4c4cc(-c5cccc6oc7c(-c8c([2H])c([2H])c([2H])c([2H])c8[2H])cccc7c56)ccc34)c3ccccc23)c([2H])c1[2H]. The molecule has 1 aromatic heterocycles. The highest BCUT2D eigenvalue weighted by molar-refractivity contribution is 6.26. The first-order chi connectivity index (χ1) is 30.5. The zero-order valence-electron chi connectivity index (χ0n) is 38.1. The first-order valence-corrected chi connectivity index (χ1v) is 17.4. The van der Waals surface area contributed by atoms with Gasteiger partial charge < -0.3 is 4.42 Å². The predicted octanol–water partition coefficient (Wildman–Crippen LogP) is 14.9. The molecule has 0 aliphatic rings. The molecule has 246 valence electrons. The Hall–Kier alpha value is -6.96. The summed E-state index contributed by atoms with van der Waals surface area (Å²) in [5.74, 6) is 0. The largest absolute Gasteiger partial charge is 0.455 e. The summed E-state index contributed by atoms with van der Waals surface area (Å²) >= 11 is 0. The summed E-state index contributed by atoms with van der Waals surface area (Å²) in [4.78, 5) is 0. The maximum atomic E-state index is 8.99. The number of benzene rings is 10. The Balaban J connectivity index is 1.18. The summed E-state index contributed by atoms with van der Waals surface area (Å²) < 4.78 is 92.1. The van der Waals surface area contributed by atoms with Gasteiger partial charge >= 0.3 is 0 Å². The third-order valence-corrected chi connectivity index (χ3v) is 10.4. The monoisotopic (exact) mass is 682 g/mol. The fraction of sp³-hybridized carbons (Fsp3) is 0. The zero-order chi connectivity index (χ0) is 43.6. The zero-order valence-corrected chi connectivity index (χ0v) is 28.1. The quantitative estimate of drug-likeness (QED) is 0.133. The molecule has 0 spiro atoms. The molecule has 53 heavy (non-hydrogen) atoms. The van der Waals surface area contributed by atoms with Gasteiger partial charge in [-0.15, -0.1) is 0 Å². The van der Waals surface area contributed by atoms with Crippen molar-refractivity contribution in [3.63, 3.8) is 0 Å². The molecule has 0 aliphatic carbocycles. The van der Waals surface area contributed by atoms with Crippen LogP contribution >= 0.6 is 0 Å². The standard InChI is InChI=1S/C52H32O/c1-3-15-33(16-4-1)39-26-13-27-45-51-38(25-14-28-48(51)53-52(39)45)36-29-30-40-46(31-36)37-20-8-7-19-35(37)32-47(40)50-43-23-11-9-21-41(43)49(34-17-5-2-6-18-34)42-22-10-12-24-44(42)50/h1-32H/i1D,2D,3D,4D,5D,6D,15D,16D,17D,18D. The van der Waals surface area contributed by atoms with Gasteiger partial charge in [-0.3, -0.25) is 0 Å². The minimum Gasteiger partial charge on any atom is -0.455 e. The van der Waals surface area contributed by atoms with E-state index in [-0.39, 0.29) is 47.4 Å². The van der Waals surface area contributed by atoms with E-state index in [1.165, 1.54) is 0 Å². The number of furan rings is 1. The van der Waals surface area contributed by atoms with Crippen molar-refractivity contribution in [3.8, 4) is 44.5 Å². The van der Waals surface area contributed by atoms with Crippen molar-refractivity contribution in [1.82, 2.24) is 0 Å². The van der Waals surface area contributed by atoms with E-state index >= 15 is 0 Å². The lowest BCUT2D eigenvalue weighted by atomic mass is 9.83. The molecule has 0 atom stereocenters. The van der Waals surface area contributed by atoms with Gasteiger partial charge in [0.2, 0.25) is 0 Å². The fourth-order valence-corrected chi connectivity index (χ4v) is 8.21. The lowest BCUT2D eigenvalue weighted by Gasteiger charge is -2.20. The van der Waals surface area contributed by atoms with Crippen molar-refractivity contribution < 1.29 is 18.1 Å². The highest BCUT2D eigenvalue weighted by Gasteiger charge is 2.20. The van der Waals surface area contributed by atoms with Crippen molar-refractivity contribution in [3.05, 3.63) is 194 Å². The first-order valence-electron chi connectivity index (χ1n) is 22.4. The number of rotatable bonds is 4. The predicted molar refractivity (Wildman–Crippen MR) is 225 cm³/mol. The highest BCUT2D eigenvalue weighted by Crippen LogP contribution is 2.48. The summed E-state index contributed by atoms with van der Waals surface area (Å²) in [5.41, 5.74) is 6.04. The normalized spacial score (nSPS) is 14.4. The van der Waals surface area contributed by atoms with Crippen LogP contribution < -0.4 is 0 Å². The molecule has 0 saturated heterocycles. The number of hydrogen-bond donors (Lipinski definition) is 0. The third-order valence-electron chi connectivity index (χ3n) is 10.4. The van der Waals surface area contributed by atoms with Crippen molar-refractivity contribution in [2.45, 2.75) is 0 Å². The van der Waals surface area contributed by atoms with Crippen LogP contribution in [0.5, 0.6) is 0 Å². The third kappa shape index (κ3) is 4.58. The van der Waals surface area contributed by atoms with E-state index in [1.807, 2.05) is 91.0 Å². The lowest BCUT2D eigenvalue weighted by molar-refractivity contribution is 0.670. The molecule has 0 bridgehead atoms. The highest BCUT2D eigenvalue weighted by atomic mass is 16.3. The maximum Gasteiger partial charge on any atom is 0.143 e. The van der Waals surface area contributed by atoms with E-state index in [4.69, 9.17) is 18.1 Å². The molecule has 0 N–H and O–H groups in total. The van der Waals surface area contributed by atoms with Gasteiger partial charge in [0.15, 0.2) is 0 Å². The van der Waals surface area contributed by atoms with Gasteiger partial charge in [0.05, 0.1) is 13.7 Å². The van der Waals surface area contributed by atoms with Crippen LogP contribution in [0.4, 0.5) is 0 Å². The van der Waals surface area contributed by atoms with Gasteiger partial charge in [-0.1, -0.05) is 176 Å². The van der Waals surface area contributed by atoms with Gasteiger partial charge in [0, 0.05) is 16.3 Å². The molecule has 0 saturated carbocycles. The molecule has 0 fully saturated rings. The van der Waals surface area contributed by atoms with Crippen LogP contribution in [0.25, 0.3) is 110 Å². The molecule has 0 unspecified atom stereocenters. The number of fused-ring (bicyclic) bond motifs is 8. The topological polar surface area (TPSA) is 13.1 Å². The van der Waals surface area contributed by atoms with E-state index in [0.717, 1.165) is 76.1 Å². The van der Waals surface area contributed by atoms with Crippen LogP contribution in [0.2, 0.25) is 0 Å². The van der Waals surface area contributed by atoms with E-state index in [9.17, 15) is 0 Å². The van der Waals surface area contributed by atoms with Crippen LogP contribution in [-0.4, -0.2) is 0 Å². The summed E-state index contributed by atoms with van der Waals surface area (Å²) in [7, 11) is 0. The Morgan fingerprint density at radius 2 is 0.943 bits per heavy atom. The van der Waals surface area contributed by atoms with Crippen molar-refractivity contribution in [1.29, 1.82) is 0 Å². The average Bonchev–Trinajstić information content (AvgIpc) is 3.71. The fourth-order valence-electron chi connectivity index (χ4n) is 8.21. The molecule has 1 heterocycles. The van der Waals surface area contributed by atoms with Gasteiger partial charge in [0.1, 0.15) is 11.2 Å². The second-order valence-corrected chi connectivity index (χ2v) is 13.2. The second kappa shape index (κ2) is 11.8. The first kappa shape index (κ1) is 21.4. The summed E-state index contributed by atoms with van der Waals surface area (Å²) in [6.07, 6.45) is 0. The molecule has 11 rings (SSSR count). The van der Waals surface area contributed by atoms with Gasteiger partial charge in [0.25, 0.3) is 0 Å². The summed E-state index contributed by atoms with van der Waals surface area (Å²) in [6, 6.07) is 40.4. The maximum absolute atomic E-state index is 8.99. The Kier molecular flexibility index (Phi) is 4.77. The lowest BCUT2D eigenvalue weighted by Crippen LogP contribution is -1.92. The molecular formula is C52H32O. The van der Waals surface area contributed by atoms with E-state index < -0.39 is 24.2 Å². The summed E-state index contributed by atoms with van der Waals surface area (Å²) in [6.45, 7) is 0. The van der Waals surface area contributed by atoms with Crippen molar-refractivity contribution in [2.24, 2.45) is 0 Å². The van der Waals surface area contributed by atoms with E-state index in [1.54, 1.807) is 6.07 Å². The number of hydrogen-bond acceptors (Lipinski definition) is 1. The Labute approximate surface area is 321 Å². The van der Waals surface area contributed by atoms with Crippen LogP contribution in [0.15, 0.2) is 198 Å². The van der Waals surface area contributed by atoms with Crippen LogP contribution in [-0.2, 0) is 0 Å². The van der Waals surface area contributed by atoms with Gasteiger partial charge in [-0.2, -0.15) is 0 Å². The Morgan fingerprint density at radius 1 is 0.358 bits per heavy atom. The smallest absolute Gasteiger partial charge is 0.143 e. The Bertz CT molecular complexity index is 3700. The molecule has 10 aromatic carbocycles. The second-order valence-electron chi connectivity index (χ2n) is 13.2. The molecule has 0 amide bonds. The molecular weight excluding hydrogens is 641 g/mol. The van der Waals surface area contributed by atoms with Crippen molar-refractivity contribution in [2.75, 3.05) is 0 Å². The minimum atomic E-state index is -0.452. The average molecular weight is 683 g/mol. The van der Waals surface area contributed by atoms with Crippen LogP contribution in [0.3, 0.4) is 0 Å².